The molecule has 0 spiro atoms. The maximum atomic E-state index is 12.9. The van der Waals surface area contributed by atoms with Gasteiger partial charge in [-0.3, -0.25) is 4.90 Å². The van der Waals surface area contributed by atoms with Gasteiger partial charge in [0.1, 0.15) is 0 Å². The molecule has 0 saturated heterocycles. The predicted octanol–water partition coefficient (Wildman–Crippen LogP) is 5.82. The summed E-state index contributed by atoms with van der Waals surface area (Å²) in [6.45, 7) is 2.05. The van der Waals surface area contributed by atoms with Gasteiger partial charge >= 0.3 is 6.03 Å². The Balaban J connectivity index is 2.02. The normalized spacial score (nSPS) is 11.5. The monoisotopic (exact) mass is 491 g/mol. The summed E-state index contributed by atoms with van der Waals surface area (Å²) in [5.74, 6) is 0. The van der Waals surface area contributed by atoms with Crippen molar-refractivity contribution in [2.75, 3.05) is 11.4 Å². The van der Waals surface area contributed by atoms with Crippen molar-refractivity contribution >= 4 is 68.0 Å². The van der Waals surface area contributed by atoms with Gasteiger partial charge in [0.05, 0.1) is 16.1 Å². The maximum Gasteiger partial charge on any atom is 0.349 e. The van der Waals surface area contributed by atoms with Crippen LogP contribution in [0, 0.1) is 0 Å². The van der Waals surface area contributed by atoms with Crippen LogP contribution in [0.15, 0.2) is 58.6 Å². The van der Waals surface area contributed by atoms with Crippen molar-refractivity contribution in [2.45, 2.75) is 16.8 Å². The molecule has 0 aliphatic rings. The summed E-state index contributed by atoms with van der Waals surface area (Å²) in [5.41, 5.74) is 0.530. The molecule has 0 saturated carbocycles. The molecule has 3 rings (SSSR count). The number of amides is 1. The molecule has 0 radical (unpaired) electrons. The molecule has 1 aromatic heterocycles. The van der Waals surface area contributed by atoms with Crippen LogP contribution in [0.25, 0.3) is 0 Å². The van der Waals surface area contributed by atoms with Crippen LogP contribution in [0.5, 0.6) is 0 Å². The van der Waals surface area contributed by atoms with E-state index in [4.69, 9.17) is 46.4 Å². The zero-order chi connectivity index (χ0) is 21.3. The second kappa shape index (κ2) is 8.53. The molecule has 11 heteroatoms. The van der Waals surface area contributed by atoms with Crippen LogP contribution in [0.2, 0.25) is 20.1 Å². The molecule has 0 bridgehead atoms. The van der Waals surface area contributed by atoms with E-state index in [0.717, 1.165) is 10.9 Å². The van der Waals surface area contributed by atoms with Crippen LogP contribution < -0.4 is 4.90 Å². The van der Waals surface area contributed by atoms with Crippen LogP contribution >= 0.6 is 46.4 Å². The Morgan fingerprint density at radius 2 is 1.69 bits per heavy atom. The standard InChI is InChI=1S/C18H13Cl4N3O3S/c1-2-24(14-5-3-4-11(19)7-14)18(26)25-10-16(22)17(23-25)29(27,28)15-8-12(20)6-13(21)9-15/h3-10H,2H2,1H3. The number of carbonyl (C=O) groups excluding carboxylic acids is 1. The summed E-state index contributed by atoms with van der Waals surface area (Å²) < 4.78 is 26.7. The van der Waals surface area contributed by atoms with Crippen LogP contribution in [0.1, 0.15) is 6.92 Å². The first-order chi connectivity index (χ1) is 13.6. The SMILES string of the molecule is CCN(C(=O)n1cc(Cl)c(S(=O)(=O)c2cc(Cl)cc(Cl)c2)n1)c1cccc(Cl)c1. The van der Waals surface area contributed by atoms with Crippen molar-refractivity contribution in [3.8, 4) is 0 Å². The Morgan fingerprint density at radius 1 is 1.03 bits per heavy atom. The Kier molecular flexibility index (Phi) is 6.45. The van der Waals surface area contributed by atoms with Crippen molar-refractivity contribution < 1.29 is 13.2 Å². The lowest BCUT2D eigenvalue weighted by Gasteiger charge is -2.20. The number of aromatic nitrogens is 2. The number of anilines is 1. The summed E-state index contributed by atoms with van der Waals surface area (Å²) in [6, 6.07) is 9.94. The van der Waals surface area contributed by atoms with Gasteiger partial charge in [0.2, 0.25) is 14.9 Å². The van der Waals surface area contributed by atoms with Crippen molar-refractivity contribution in [3.63, 3.8) is 0 Å². The molecule has 6 nitrogen and oxygen atoms in total. The molecule has 152 valence electrons. The van der Waals surface area contributed by atoms with E-state index in [9.17, 15) is 13.2 Å². The third-order valence-electron chi connectivity index (χ3n) is 3.90. The highest BCUT2D eigenvalue weighted by atomic mass is 35.5. The average Bonchev–Trinajstić information content (AvgIpc) is 3.04. The van der Waals surface area contributed by atoms with E-state index in [-0.39, 0.29) is 20.0 Å². The number of halogens is 4. The lowest BCUT2D eigenvalue weighted by Crippen LogP contribution is -2.35. The van der Waals surface area contributed by atoms with Crippen molar-refractivity contribution in [3.05, 3.63) is 68.8 Å². The summed E-state index contributed by atoms with van der Waals surface area (Å²) >= 11 is 23.9. The van der Waals surface area contributed by atoms with Crippen molar-refractivity contribution in [1.82, 2.24) is 9.78 Å². The van der Waals surface area contributed by atoms with E-state index >= 15 is 0 Å². The third-order valence-corrected chi connectivity index (χ3v) is 6.63. The second-order valence-electron chi connectivity index (χ2n) is 5.84. The zero-order valence-corrected chi connectivity index (χ0v) is 18.7. The molecule has 1 amide bonds. The molecule has 0 N–H and O–H groups in total. The molecule has 0 atom stereocenters. The average molecular weight is 493 g/mol. The summed E-state index contributed by atoms with van der Waals surface area (Å²) in [5, 5.41) is 3.96. The molecule has 0 aliphatic heterocycles. The predicted molar refractivity (Wildman–Crippen MR) is 114 cm³/mol. The van der Waals surface area contributed by atoms with Crippen molar-refractivity contribution in [1.29, 1.82) is 0 Å². The van der Waals surface area contributed by atoms with E-state index in [1.807, 2.05) is 0 Å². The second-order valence-corrected chi connectivity index (χ2v) is 9.42. The first-order valence-electron chi connectivity index (χ1n) is 8.17. The Bertz CT molecular complexity index is 1170. The molecule has 0 aliphatic carbocycles. The lowest BCUT2D eigenvalue weighted by molar-refractivity contribution is 0.245. The molecular formula is C18H13Cl4N3O3S. The van der Waals surface area contributed by atoms with Gasteiger partial charge in [0.15, 0.2) is 0 Å². The molecule has 29 heavy (non-hydrogen) atoms. The van der Waals surface area contributed by atoms with Gasteiger partial charge < -0.3 is 0 Å². The first kappa shape index (κ1) is 21.9. The fourth-order valence-electron chi connectivity index (χ4n) is 2.61. The number of nitrogens with zero attached hydrogens (tertiary/aromatic N) is 3. The zero-order valence-electron chi connectivity index (χ0n) is 14.8. The molecule has 0 fully saturated rings. The number of hydrogen-bond acceptors (Lipinski definition) is 4. The van der Waals surface area contributed by atoms with Gasteiger partial charge in [0, 0.05) is 27.3 Å². The van der Waals surface area contributed by atoms with E-state index < -0.39 is 20.9 Å². The van der Waals surface area contributed by atoms with Gasteiger partial charge in [-0.15, -0.1) is 0 Å². The van der Waals surface area contributed by atoms with Crippen LogP contribution in [0.4, 0.5) is 10.5 Å². The Hall–Kier alpha value is -1.77. The minimum Gasteiger partial charge on any atom is -0.293 e. The fourth-order valence-corrected chi connectivity index (χ4v) is 5.18. The van der Waals surface area contributed by atoms with Crippen molar-refractivity contribution in [2.24, 2.45) is 0 Å². The number of benzene rings is 2. The number of carbonyl (C=O) groups is 1. The van der Waals surface area contributed by atoms with E-state index in [2.05, 4.69) is 5.10 Å². The van der Waals surface area contributed by atoms with E-state index in [0.29, 0.717) is 17.3 Å². The molecule has 3 aromatic rings. The number of sulfone groups is 1. The topological polar surface area (TPSA) is 72.3 Å². The van der Waals surface area contributed by atoms with E-state index in [1.54, 1.807) is 31.2 Å². The Labute approximate surface area is 187 Å². The summed E-state index contributed by atoms with van der Waals surface area (Å²) in [4.78, 5) is 14.1. The molecule has 1 heterocycles. The third kappa shape index (κ3) is 4.54. The number of rotatable bonds is 4. The first-order valence-corrected chi connectivity index (χ1v) is 11.2. The molecular weight excluding hydrogens is 480 g/mol. The van der Waals surface area contributed by atoms with Gasteiger partial charge in [0.25, 0.3) is 0 Å². The quantitative estimate of drug-likeness (QED) is 0.459. The van der Waals surface area contributed by atoms with Crippen LogP contribution in [-0.4, -0.2) is 30.8 Å². The highest BCUT2D eigenvalue weighted by molar-refractivity contribution is 7.91. The minimum absolute atomic E-state index is 0.140. The highest BCUT2D eigenvalue weighted by Gasteiger charge is 2.28. The lowest BCUT2D eigenvalue weighted by atomic mass is 10.3. The fraction of sp³-hybridized carbons (Fsp3) is 0.111. The van der Waals surface area contributed by atoms with Gasteiger partial charge in [-0.1, -0.05) is 52.5 Å². The largest absolute Gasteiger partial charge is 0.349 e. The number of hydrogen-bond donors (Lipinski definition) is 0. The smallest absolute Gasteiger partial charge is 0.293 e. The van der Waals surface area contributed by atoms with Gasteiger partial charge in [-0.25, -0.2) is 13.2 Å². The Morgan fingerprint density at radius 3 is 2.28 bits per heavy atom. The van der Waals surface area contributed by atoms with Crippen LogP contribution in [-0.2, 0) is 9.84 Å². The van der Waals surface area contributed by atoms with Crippen LogP contribution in [0.3, 0.4) is 0 Å². The highest BCUT2D eigenvalue weighted by Crippen LogP contribution is 2.30. The van der Waals surface area contributed by atoms with Gasteiger partial charge in [-0.05, 0) is 43.3 Å². The van der Waals surface area contributed by atoms with Gasteiger partial charge in [-0.2, -0.15) is 9.78 Å². The summed E-state index contributed by atoms with van der Waals surface area (Å²) in [6.07, 6.45) is 1.14. The summed E-state index contributed by atoms with van der Waals surface area (Å²) in [7, 11) is -4.16. The molecule has 2 aromatic carbocycles. The maximum absolute atomic E-state index is 12.9. The minimum atomic E-state index is -4.16. The molecule has 0 unspecified atom stereocenters. The van der Waals surface area contributed by atoms with E-state index in [1.165, 1.54) is 23.1 Å².